The standard InChI is InChI=1S/C15H18N2O5S2/c18-13-4-5-14(19)17(13)11-22-15(20)6-8-21-9-10-23-24-12-3-1-2-7-16-12/h1-3,7H,4-6,8-11H2. The van der Waals surface area contributed by atoms with Gasteiger partial charge in [0, 0.05) is 24.8 Å². The highest BCUT2D eigenvalue weighted by Gasteiger charge is 2.29. The van der Waals surface area contributed by atoms with E-state index in [-0.39, 0.29) is 44.4 Å². The lowest BCUT2D eigenvalue weighted by atomic mass is 10.4. The number of hydrogen-bond donors (Lipinski definition) is 0. The van der Waals surface area contributed by atoms with Crippen molar-refractivity contribution in [2.75, 3.05) is 25.7 Å². The van der Waals surface area contributed by atoms with E-state index in [2.05, 4.69) is 4.98 Å². The third-order valence-corrected chi connectivity index (χ3v) is 5.28. The molecule has 0 atom stereocenters. The van der Waals surface area contributed by atoms with Crippen molar-refractivity contribution in [2.45, 2.75) is 24.3 Å². The smallest absolute Gasteiger partial charge is 0.309 e. The highest BCUT2D eigenvalue weighted by Crippen LogP contribution is 2.28. The number of esters is 1. The molecule has 2 heterocycles. The molecule has 1 saturated heterocycles. The summed E-state index contributed by atoms with van der Waals surface area (Å²) < 4.78 is 10.3. The Hall–Kier alpha value is -1.58. The van der Waals surface area contributed by atoms with Gasteiger partial charge in [0.05, 0.1) is 19.6 Å². The molecule has 0 aromatic carbocycles. The molecule has 7 nitrogen and oxygen atoms in total. The van der Waals surface area contributed by atoms with Crippen LogP contribution in [-0.2, 0) is 23.9 Å². The van der Waals surface area contributed by atoms with Crippen molar-refractivity contribution in [3.05, 3.63) is 24.4 Å². The topological polar surface area (TPSA) is 85.8 Å². The molecule has 1 aromatic heterocycles. The number of nitrogens with zero attached hydrogens (tertiary/aromatic N) is 2. The van der Waals surface area contributed by atoms with E-state index in [1.165, 1.54) is 0 Å². The Morgan fingerprint density at radius 1 is 1.21 bits per heavy atom. The second kappa shape index (κ2) is 10.3. The maximum Gasteiger partial charge on any atom is 0.309 e. The minimum atomic E-state index is -0.488. The summed E-state index contributed by atoms with van der Waals surface area (Å²) >= 11 is 0. The lowest BCUT2D eigenvalue weighted by Gasteiger charge is -2.13. The van der Waals surface area contributed by atoms with Crippen LogP contribution in [0.3, 0.4) is 0 Å². The van der Waals surface area contributed by atoms with Gasteiger partial charge in [-0.2, -0.15) is 0 Å². The third kappa shape index (κ3) is 6.50. The van der Waals surface area contributed by atoms with Crippen molar-refractivity contribution in [2.24, 2.45) is 0 Å². The van der Waals surface area contributed by atoms with Crippen LogP contribution >= 0.6 is 21.6 Å². The van der Waals surface area contributed by atoms with Crippen molar-refractivity contribution < 1.29 is 23.9 Å². The molecular weight excluding hydrogens is 352 g/mol. The van der Waals surface area contributed by atoms with Crippen molar-refractivity contribution in [1.29, 1.82) is 0 Å². The zero-order valence-corrected chi connectivity index (χ0v) is 14.6. The van der Waals surface area contributed by atoms with Crippen LogP contribution in [0.15, 0.2) is 29.4 Å². The second-order valence-electron chi connectivity index (χ2n) is 4.80. The zero-order chi connectivity index (χ0) is 17.2. The molecule has 0 unspecified atom stereocenters. The molecule has 0 spiro atoms. The number of amides is 2. The predicted molar refractivity (Wildman–Crippen MR) is 90.0 cm³/mol. The minimum Gasteiger partial charge on any atom is -0.444 e. The van der Waals surface area contributed by atoms with Gasteiger partial charge in [-0.1, -0.05) is 16.9 Å². The Morgan fingerprint density at radius 2 is 2.00 bits per heavy atom. The van der Waals surface area contributed by atoms with Gasteiger partial charge in [0.1, 0.15) is 5.03 Å². The predicted octanol–water partition coefficient (Wildman–Crippen LogP) is 1.88. The quantitative estimate of drug-likeness (QED) is 0.267. The molecule has 1 aliphatic rings. The first kappa shape index (κ1) is 18.8. The Morgan fingerprint density at radius 3 is 2.71 bits per heavy atom. The number of rotatable bonds is 10. The fourth-order valence-corrected chi connectivity index (χ4v) is 3.56. The number of carbonyl (C=O) groups is 3. The molecule has 130 valence electrons. The summed E-state index contributed by atoms with van der Waals surface area (Å²) in [6.07, 6.45) is 2.21. The number of carbonyl (C=O) groups excluding carboxylic acids is 3. The fourth-order valence-electron chi connectivity index (χ4n) is 1.82. The molecule has 0 N–H and O–H groups in total. The zero-order valence-electron chi connectivity index (χ0n) is 13.0. The van der Waals surface area contributed by atoms with E-state index in [9.17, 15) is 14.4 Å². The number of aromatic nitrogens is 1. The van der Waals surface area contributed by atoms with E-state index in [1.54, 1.807) is 27.8 Å². The number of pyridine rings is 1. The van der Waals surface area contributed by atoms with Gasteiger partial charge < -0.3 is 9.47 Å². The van der Waals surface area contributed by atoms with Gasteiger partial charge in [0.15, 0.2) is 6.73 Å². The Kier molecular flexibility index (Phi) is 8.06. The molecule has 0 aliphatic carbocycles. The van der Waals surface area contributed by atoms with Gasteiger partial charge in [-0.15, -0.1) is 0 Å². The molecule has 24 heavy (non-hydrogen) atoms. The molecule has 1 fully saturated rings. The molecule has 9 heteroatoms. The average Bonchev–Trinajstić information content (AvgIpc) is 2.91. The van der Waals surface area contributed by atoms with E-state index >= 15 is 0 Å². The summed E-state index contributed by atoms with van der Waals surface area (Å²) in [5.41, 5.74) is 0. The third-order valence-electron chi connectivity index (χ3n) is 3.05. The van der Waals surface area contributed by atoms with E-state index in [4.69, 9.17) is 9.47 Å². The summed E-state index contributed by atoms with van der Waals surface area (Å²) in [6, 6.07) is 5.73. The monoisotopic (exact) mass is 370 g/mol. The Bertz CT molecular complexity index is 554. The van der Waals surface area contributed by atoms with E-state index < -0.39 is 5.97 Å². The van der Waals surface area contributed by atoms with Crippen molar-refractivity contribution in [3.8, 4) is 0 Å². The normalized spacial score (nSPS) is 14.2. The molecule has 0 radical (unpaired) electrons. The molecular formula is C15H18N2O5S2. The van der Waals surface area contributed by atoms with Crippen LogP contribution in [0, 0.1) is 0 Å². The van der Waals surface area contributed by atoms with E-state index in [0.29, 0.717) is 6.61 Å². The second-order valence-corrected chi connectivity index (χ2v) is 7.23. The summed E-state index contributed by atoms with van der Waals surface area (Å²) in [5, 5.41) is 0.942. The minimum absolute atomic E-state index is 0.0915. The first-order chi connectivity index (χ1) is 11.7. The highest BCUT2D eigenvalue weighted by atomic mass is 33.1. The van der Waals surface area contributed by atoms with Crippen LogP contribution in [0.25, 0.3) is 0 Å². The number of hydrogen-bond acceptors (Lipinski definition) is 8. The number of imide groups is 1. The van der Waals surface area contributed by atoms with Crippen molar-refractivity contribution in [3.63, 3.8) is 0 Å². The molecule has 0 saturated carbocycles. The lowest BCUT2D eigenvalue weighted by Crippen LogP contribution is -2.32. The first-order valence-corrected chi connectivity index (χ1v) is 9.76. The SMILES string of the molecule is O=C(CCOCCSSc1ccccn1)OCN1C(=O)CCC1=O. The van der Waals surface area contributed by atoms with Gasteiger partial charge in [-0.3, -0.25) is 14.4 Å². The summed E-state index contributed by atoms with van der Waals surface area (Å²) in [7, 11) is 3.20. The van der Waals surface area contributed by atoms with E-state index in [1.807, 2.05) is 18.2 Å². The first-order valence-electron chi connectivity index (χ1n) is 7.44. The number of likely N-dealkylation sites (tertiary alicyclic amines) is 1. The Labute approximate surface area is 147 Å². The van der Waals surface area contributed by atoms with Crippen molar-refractivity contribution in [1.82, 2.24) is 9.88 Å². The fraction of sp³-hybridized carbons (Fsp3) is 0.467. The van der Waals surface area contributed by atoms with Gasteiger partial charge in [-0.05, 0) is 22.9 Å². The summed E-state index contributed by atoms with van der Waals surface area (Å²) in [5.74, 6) is -0.316. The van der Waals surface area contributed by atoms with Crippen LogP contribution in [0.2, 0.25) is 0 Å². The largest absolute Gasteiger partial charge is 0.444 e. The number of ether oxygens (including phenoxy) is 2. The molecule has 1 aliphatic heterocycles. The van der Waals surface area contributed by atoms with Crippen LogP contribution in [0.5, 0.6) is 0 Å². The van der Waals surface area contributed by atoms with Crippen LogP contribution < -0.4 is 0 Å². The summed E-state index contributed by atoms with van der Waals surface area (Å²) in [6.45, 7) is 0.462. The van der Waals surface area contributed by atoms with Crippen molar-refractivity contribution >= 4 is 39.4 Å². The molecule has 1 aromatic rings. The lowest BCUT2D eigenvalue weighted by molar-refractivity contribution is -0.156. The van der Waals surface area contributed by atoms with E-state index in [0.717, 1.165) is 15.7 Å². The Balaban J connectivity index is 1.46. The molecule has 2 amide bonds. The van der Waals surface area contributed by atoms with Gasteiger partial charge in [0.25, 0.3) is 0 Å². The molecule has 0 bridgehead atoms. The van der Waals surface area contributed by atoms with Gasteiger partial charge in [0.2, 0.25) is 11.8 Å². The highest BCUT2D eigenvalue weighted by molar-refractivity contribution is 8.76. The van der Waals surface area contributed by atoms with Crippen LogP contribution in [0.4, 0.5) is 0 Å². The average molecular weight is 370 g/mol. The summed E-state index contributed by atoms with van der Waals surface area (Å²) in [4.78, 5) is 39.4. The van der Waals surface area contributed by atoms with Crippen LogP contribution in [-0.4, -0.2) is 53.4 Å². The van der Waals surface area contributed by atoms with Gasteiger partial charge >= 0.3 is 5.97 Å². The molecule has 2 rings (SSSR count). The maximum atomic E-state index is 11.5. The van der Waals surface area contributed by atoms with Crippen LogP contribution in [0.1, 0.15) is 19.3 Å². The van der Waals surface area contributed by atoms with Gasteiger partial charge in [-0.25, -0.2) is 9.88 Å². The maximum absolute atomic E-state index is 11.5.